The number of urea groups is 1. The maximum absolute atomic E-state index is 14.8. The highest BCUT2D eigenvalue weighted by Crippen LogP contribution is 2.43. The van der Waals surface area contributed by atoms with Crippen LogP contribution in [-0.2, 0) is 11.2 Å². The van der Waals surface area contributed by atoms with Gasteiger partial charge in [-0.2, -0.15) is 0 Å². The lowest BCUT2D eigenvalue weighted by Crippen LogP contribution is -2.39. The molecule has 3 amide bonds. The van der Waals surface area contributed by atoms with Crippen LogP contribution in [0, 0.1) is 5.82 Å². The fourth-order valence-electron chi connectivity index (χ4n) is 4.88. The Balaban J connectivity index is 1.51. The van der Waals surface area contributed by atoms with E-state index >= 15 is 0 Å². The summed E-state index contributed by atoms with van der Waals surface area (Å²) in [4.78, 5) is 29.2. The van der Waals surface area contributed by atoms with Crippen molar-refractivity contribution in [3.05, 3.63) is 57.3 Å². The predicted octanol–water partition coefficient (Wildman–Crippen LogP) is 3.64. The highest BCUT2D eigenvalue weighted by Gasteiger charge is 2.42. The molecule has 0 unspecified atom stereocenters. The molecule has 7 nitrogen and oxygen atoms in total. The van der Waals surface area contributed by atoms with Crippen LogP contribution in [0.5, 0.6) is 5.75 Å². The molecule has 174 valence electrons. The highest BCUT2D eigenvalue weighted by atomic mass is 35.5. The summed E-state index contributed by atoms with van der Waals surface area (Å²) in [6, 6.07) is 7.01. The van der Waals surface area contributed by atoms with E-state index in [0.29, 0.717) is 47.8 Å². The molecule has 2 saturated heterocycles. The van der Waals surface area contributed by atoms with Crippen molar-refractivity contribution in [2.24, 2.45) is 0 Å². The van der Waals surface area contributed by atoms with Gasteiger partial charge in [0.2, 0.25) is 0 Å². The van der Waals surface area contributed by atoms with Crippen LogP contribution in [0.3, 0.4) is 0 Å². The number of benzene rings is 2. The summed E-state index contributed by atoms with van der Waals surface area (Å²) in [5, 5.41) is 10.6. The molecule has 0 radical (unpaired) electrons. The lowest BCUT2D eigenvalue weighted by molar-refractivity contribution is -0.116. The summed E-state index contributed by atoms with van der Waals surface area (Å²) in [6.45, 7) is 1.11. The van der Waals surface area contributed by atoms with Crippen molar-refractivity contribution in [1.29, 1.82) is 0 Å². The molecule has 0 saturated carbocycles. The normalized spacial score (nSPS) is 25.3. The lowest BCUT2D eigenvalue weighted by Gasteiger charge is -2.30. The molecule has 1 N–H and O–H groups in total. The number of hydrogen-bond donors (Lipinski definition) is 1. The number of aliphatic hydroxyl groups is 1. The first-order chi connectivity index (χ1) is 15.7. The van der Waals surface area contributed by atoms with Gasteiger partial charge in [-0.3, -0.25) is 9.69 Å². The summed E-state index contributed by atoms with van der Waals surface area (Å²) < 4.78 is 21.1. The van der Waals surface area contributed by atoms with Gasteiger partial charge >= 0.3 is 6.03 Å². The van der Waals surface area contributed by atoms with E-state index in [0.717, 1.165) is 4.90 Å². The number of anilines is 1. The van der Waals surface area contributed by atoms with Crippen LogP contribution in [0.1, 0.15) is 23.7 Å². The summed E-state index contributed by atoms with van der Waals surface area (Å²) in [5.74, 6) is -0.475. The Kier molecular flexibility index (Phi) is 5.73. The summed E-state index contributed by atoms with van der Waals surface area (Å²) in [6.07, 6.45) is -0.00931. The van der Waals surface area contributed by atoms with E-state index in [1.165, 1.54) is 11.0 Å². The molecule has 5 rings (SSSR count). The molecule has 2 aromatic carbocycles. The number of carbonyl (C=O) groups excluding carboxylic acids is 2. The number of halogens is 3. The number of likely N-dealkylation sites (tertiary alicyclic amines) is 1. The largest absolute Gasteiger partial charge is 0.482 e. The van der Waals surface area contributed by atoms with Gasteiger partial charge < -0.3 is 14.7 Å². The van der Waals surface area contributed by atoms with Crippen molar-refractivity contribution in [3.63, 3.8) is 0 Å². The van der Waals surface area contributed by atoms with Gasteiger partial charge in [0.1, 0.15) is 24.2 Å². The Hall–Kier alpha value is -2.39. The first kappa shape index (κ1) is 22.4. The monoisotopic (exact) mass is 493 g/mol. The number of hydrogen-bond acceptors (Lipinski definition) is 5. The van der Waals surface area contributed by atoms with Gasteiger partial charge in [-0.05, 0) is 42.7 Å². The van der Waals surface area contributed by atoms with Gasteiger partial charge in [0.15, 0.2) is 0 Å². The molecule has 2 heterocycles. The molecule has 10 heteroatoms. The van der Waals surface area contributed by atoms with Crippen molar-refractivity contribution >= 4 is 40.8 Å². The van der Waals surface area contributed by atoms with E-state index in [4.69, 9.17) is 27.9 Å². The number of fused-ring (bicyclic) bond motifs is 1. The number of ether oxygens (including phenoxy) is 1. The Labute approximate surface area is 200 Å². The second kappa shape index (κ2) is 8.43. The van der Waals surface area contributed by atoms with Crippen LogP contribution in [0.4, 0.5) is 14.9 Å². The Morgan fingerprint density at radius 2 is 1.97 bits per heavy atom. The van der Waals surface area contributed by atoms with Gasteiger partial charge in [-0.25, -0.2) is 14.1 Å². The topological polar surface area (TPSA) is 73.3 Å². The molecular weight excluding hydrogens is 472 g/mol. The summed E-state index contributed by atoms with van der Waals surface area (Å²) in [5.41, 5.74) is 1.49. The molecular formula is C23H22Cl2FN3O4. The maximum Gasteiger partial charge on any atom is 0.331 e. The quantitative estimate of drug-likeness (QED) is 0.658. The fraction of sp³-hybridized carbons (Fsp3) is 0.391. The molecule has 2 fully saturated rings. The minimum absolute atomic E-state index is 0.00914. The maximum atomic E-state index is 14.8. The fourth-order valence-corrected chi connectivity index (χ4v) is 5.25. The number of rotatable bonds is 4. The summed E-state index contributed by atoms with van der Waals surface area (Å²) >= 11 is 12.6. The predicted molar refractivity (Wildman–Crippen MR) is 121 cm³/mol. The van der Waals surface area contributed by atoms with Gasteiger partial charge in [0.25, 0.3) is 5.91 Å². The third kappa shape index (κ3) is 3.95. The van der Waals surface area contributed by atoms with Gasteiger partial charge in [-0.1, -0.05) is 23.2 Å². The molecule has 2 aromatic rings. The van der Waals surface area contributed by atoms with Gasteiger partial charge in [-0.15, -0.1) is 0 Å². The molecule has 3 aliphatic rings. The number of nitrogens with zero attached hydrogens (tertiary/aromatic N) is 3. The molecule has 0 spiro atoms. The van der Waals surface area contributed by atoms with E-state index < -0.39 is 24.1 Å². The second-order valence-corrected chi connectivity index (χ2v) is 9.53. The number of aliphatic hydroxyl groups excluding tert-OH is 1. The van der Waals surface area contributed by atoms with E-state index in [2.05, 4.69) is 4.90 Å². The number of amides is 3. The molecule has 33 heavy (non-hydrogen) atoms. The molecule has 3 atom stereocenters. The van der Waals surface area contributed by atoms with Crippen molar-refractivity contribution in [2.45, 2.75) is 31.1 Å². The van der Waals surface area contributed by atoms with Crippen molar-refractivity contribution < 1.29 is 23.8 Å². The third-order valence-corrected chi connectivity index (χ3v) is 7.02. The summed E-state index contributed by atoms with van der Waals surface area (Å²) in [7, 11) is 1.55. The number of imide groups is 1. The average Bonchev–Trinajstić information content (AvgIpc) is 3.41. The Morgan fingerprint density at radius 1 is 1.18 bits per heavy atom. The lowest BCUT2D eigenvalue weighted by atomic mass is 10.1. The highest BCUT2D eigenvalue weighted by molar-refractivity contribution is 6.32. The standard InChI is InChI=1S/C23H22Cl2FN3O4/c1-27-11-21(31)29(23(27)32)13-2-3-17(25)20(8-13)33-22-16-6-12(24)7-18(26)15(16)9-19(22)28-5-4-14(30)10-28/h2-3,6-8,14,19,22,30H,4-5,9-11H2,1H3/t14-,19+,22+/m1/s1. The van der Waals surface area contributed by atoms with Crippen molar-refractivity contribution in [3.8, 4) is 5.75 Å². The average molecular weight is 494 g/mol. The number of carbonyl (C=O) groups is 2. The number of β-amino-alcohol motifs (C(OH)–C–C–N with tert-alkyl or cyclic N) is 1. The van der Waals surface area contributed by atoms with Crippen LogP contribution in [0.25, 0.3) is 0 Å². The zero-order valence-corrected chi connectivity index (χ0v) is 19.3. The van der Waals surface area contributed by atoms with E-state index in [-0.39, 0.29) is 29.3 Å². The number of likely N-dealkylation sites (N-methyl/N-ethyl adjacent to an activating group) is 1. The van der Waals surface area contributed by atoms with Crippen LogP contribution in [0.15, 0.2) is 30.3 Å². The van der Waals surface area contributed by atoms with Gasteiger partial charge in [0, 0.05) is 36.8 Å². The van der Waals surface area contributed by atoms with Crippen LogP contribution < -0.4 is 9.64 Å². The zero-order chi connectivity index (χ0) is 23.4. The third-order valence-electron chi connectivity index (χ3n) is 6.49. The molecule has 0 aromatic heterocycles. The second-order valence-electron chi connectivity index (χ2n) is 8.69. The smallest absolute Gasteiger partial charge is 0.331 e. The first-order valence-electron chi connectivity index (χ1n) is 10.7. The van der Waals surface area contributed by atoms with Crippen LogP contribution >= 0.6 is 23.2 Å². The minimum atomic E-state index is -0.598. The van der Waals surface area contributed by atoms with Crippen molar-refractivity contribution in [2.75, 3.05) is 31.6 Å². The van der Waals surface area contributed by atoms with Crippen LogP contribution in [0.2, 0.25) is 10.0 Å². The van der Waals surface area contributed by atoms with E-state index in [9.17, 15) is 19.1 Å². The Morgan fingerprint density at radius 3 is 2.64 bits per heavy atom. The Bertz CT molecular complexity index is 1150. The minimum Gasteiger partial charge on any atom is -0.482 e. The van der Waals surface area contributed by atoms with Crippen molar-refractivity contribution in [1.82, 2.24) is 9.80 Å². The van der Waals surface area contributed by atoms with Crippen LogP contribution in [-0.4, -0.2) is 65.7 Å². The SMILES string of the molecule is CN1CC(=O)N(c2ccc(Cl)c(O[C@H]3c4cc(Cl)cc(F)c4C[C@@H]3N3CC[C@@H](O)C3)c2)C1=O. The molecule has 0 bridgehead atoms. The zero-order valence-electron chi connectivity index (χ0n) is 17.8. The first-order valence-corrected chi connectivity index (χ1v) is 11.4. The van der Waals surface area contributed by atoms with Gasteiger partial charge in [0.05, 0.1) is 22.9 Å². The molecule has 1 aliphatic carbocycles. The van der Waals surface area contributed by atoms with E-state index in [1.54, 1.807) is 31.3 Å². The van der Waals surface area contributed by atoms with E-state index in [1.807, 2.05) is 0 Å². The molecule has 2 aliphatic heterocycles.